The number of nitrogens with one attached hydrogen (secondary N) is 1. The summed E-state index contributed by atoms with van der Waals surface area (Å²) in [6.07, 6.45) is 0.907. The van der Waals surface area contributed by atoms with Crippen molar-refractivity contribution in [2.24, 2.45) is 0 Å². The molecule has 0 aromatic heterocycles. The van der Waals surface area contributed by atoms with Crippen molar-refractivity contribution in [2.75, 3.05) is 44.9 Å². The van der Waals surface area contributed by atoms with Gasteiger partial charge in [-0.2, -0.15) is 0 Å². The Morgan fingerprint density at radius 3 is 1.86 bits per heavy atom. The second-order valence-corrected chi connectivity index (χ2v) is 9.51. The van der Waals surface area contributed by atoms with Crippen LogP contribution >= 0.6 is 0 Å². The van der Waals surface area contributed by atoms with Crippen molar-refractivity contribution in [3.63, 3.8) is 0 Å². The van der Waals surface area contributed by atoms with Gasteiger partial charge >= 0.3 is 6.03 Å². The maximum Gasteiger partial charge on any atom is 0.326 e. The minimum Gasteiger partial charge on any atom is -0.497 e. The van der Waals surface area contributed by atoms with Crippen molar-refractivity contribution >= 4 is 17.6 Å². The van der Waals surface area contributed by atoms with Crippen molar-refractivity contribution in [3.8, 4) is 5.75 Å². The zero-order chi connectivity index (χ0) is 25.0. The van der Waals surface area contributed by atoms with Crippen molar-refractivity contribution in [1.29, 1.82) is 0 Å². The molecule has 5 rings (SSSR count). The number of piperazine rings is 1. The number of methoxy groups -OCH3 is 1. The molecule has 2 fully saturated rings. The highest BCUT2D eigenvalue weighted by molar-refractivity contribution is 6.07. The fraction of sp³-hybridized carbons (Fsp3) is 0.310. The number of carbonyl (C=O) groups excluding carboxylic acids is 2. The topological polar surface area (TPSA) is 65.1 Å². The number of anilines is 1. The van der Waals surface area contributed by atoms with Crippen LogP contribution in [0.3, 0.4) is 0 Å². The Hall–Kier alpha value is -3.84. The first-order valence-corrected chi connectivity index (χ1v) is 12.4. The number of imide groups is 1. The lowest BCUT2D eigenvalue weighted by molar-refractivity contribution is -0.132. The fourth-order valence-electron chi connectivity index (χ4n) is 5.14. The molecule has 2 aliphatic rings. The Kier molecular flexibility index (Phi) is 6.91. The van der Waals surface area contributed by atoms with E-state index in [0.29, 0.717) is 19.5 Å². The molecular formula is C29H32N4O3. The predicted octanol–water partition coefficient (Wildman–Crippen LogP) is 3.55. The fourth-order valence-corrected chi connectivity index (χ4v) is 5.14. The summed E-state index contributed by atoms with van der Waals surface area (Å²) >= 11 is 0. The number of amides is 3. The van der Waals surface area contributed by atoms with Crippen molar-refractivity contribution < 1.29 is 14.3 Å². The van der Waals surface area contributed by atoms with E-state index < -0.39 is 5.54 Å². The summed E-state index contributed by atoms with van der Waals surface area (Å²) < 4.78 is 5.26. The number of rotatable bonds is 8. The van der Waals surface area contributed by atoms with Gasteiger partial charge in [0.1, 0.15) is 11.3 Å². The Morgan fingerprint density at radius 2 is 1.33 bits per heavy atom. The molecule has 7 heteroatoms. The first-order chi connectivity index (χ1) is 17.6. The highest BCUT2D eigenvalue weighted by Crippen LogP contribution is 2.28. The number of nitrogens with zero attached hydrogens (tertiary/aromatic N) is 3. The molecule has 0 bridgehead atoms. The lowest BCUT2D eigenvalue weighted by Crippen LogP contribution is -2.53. The Bertz CT molecular complexity index is 1130. The van der Waals surface area contributed by atoms with Gasteiger partial charge in [-0.05, 0) is 35.4 Å². The van der Waals surface area contributed by atoms with E-state index in [2.05, 4.69) is 27.2 Å². The molecule has 2 aliphatic heterocycles. The van der Waals surface area contributed by atoms with E-state index in [1.54, 1.807) is 7.11 Å². The maximum absolute atomic E-state index is 13.9. The Labute approximate surface area is 212 Å². The summed E-state index contributed by atoms with van der Waals surface area (Å²) in [5.41, 5.74) is 2.20. The lowest BCUT2D eigenvalue weighted by Gasteiger charge is -2.37. The van der Waals surface area contributed by atoms with Gasteiger partial charge in [0.05, 0.1) is 13.8 Å². The molecule has 186 valence electrons. The van der Waals surface area contributed by atoms with E-state index in [0.717, 1.165) is 48.7 Å². The maximum atomic E-state index is 13.9. The van der Waals surface area contributed by atoms with Crippen LogP contribution in [0.4, 0.5) is 10.5 Å². The van der Waals surface area contributed by atoms with Gasteiger partial charge in [-0.3, -0.25) is 9.69 Å². The summed E-state index contributed by atoms with van der Waals surface area (Å²) in [4.78, 5) is 32.9. The first kappa shape index (κ1) is 23.9. The number of ether oxygens (including phenoxy) is 1. The van der Waals surface area contributed by atoms with Gasteiger partial charge < -0.3 is 15.0 Å². The van der Waals surface area contributed by atoms with E-state index >= 15 is 0 Å². The predicted molar refractivity (Wildman–Crippen MR) is 140 cm³/mol. The molecule has 3 aromatic rings. The van der Waals surface area contributed by atoms with Crippen LogP contribution in [-0.2, 0) is 17.6 Å². The number of hydrogen-bond donors (Lipinski definition) is 1. The van der Waals surface area contributed by atoms with E-state index in [1.165, 1.54) is 4.90 Å². The monoisotopic (exact) mass is 484 g/mol. The molecule has 7 nitrogen and oxygen atoms in total. The van der Waals surface area contributed by atoms with Crippen LogP contribution in [0, 0.1) is 0 Å². The van der Waals surface area contributed by atoms with Gasteiger partial charge in [-0.1, -0.05) is 60.7 Å². The summed E-state index contributed by atoms with van der Waals surface area (Å²) in [7, 11) is 1.66. The van der Waals surface area contributed by atoms with Gasteiger partial charge in [0.25, 0.3) is 5.91 Å². The molecule has 0 atom stereocenters. The number of carbonyl (C=O) groups is 2. The molecule has 2 saturated heterocycles. The third kappa shape index (κ3) is 5.06. The summed E-state index contributed by atoms with van der Waals surface area (Å²) in [5, 5.41) is 3.09. The SMILES string of the molecule is COc1ccc(N2CCN(CN3C(=O)NC(Cc4ccccc4)(Cc4ccccc4)C3=O)CC2)cc1. The van der Waals surface area contributed by atoms with Crippen LogP contribution in [0.5, 0.6) is 5.75 Å². The van der Waals surface area contributed by atoms with E-state index in [4.69, 9.17) is 4.74 Å². The van der Waals surface area contributed by atoms with E-state index in [1.807, 2.05) is 72.8 Å². The summed E-state index contributed by atoms with van der Waals surface area (Å²) in [6.45, 7) is 3.50. The molecule has 1 N–H and O–H groups in total. The number of hydrogen-bond acceptors (Lipinski definition) is 5. The molecule has 3 aromatic carbocycles. The molecule has 0 saturated carbocycles. The van der Waals surface area contributed by atoms with E-state index in [9.17, 15) is 9.59 Å². The first-order valence-electron chi connectivity index (χ1n) is 12.4. The van der Waals surface area contributed by atoms with Crippen LogP contribution in [0.2, 0.25) is 0 Å². The number of benzene rings is 3. The van der Waals surface area contributed by atoms with Crippen LogP contribution in [0.1, 0.15) is 11.1 Å². The van der Waals surface area contributed by atoms with Gasteiger partial charge in [0.15, 0.2) is 0 Å². The van der Waals surface area contributed by atoms with Gasteiger partial charge in [-0.25, -0.2) is 9.69 Å². The second kappa shape index (κ2) is 10.4. The standard InChI is InChI=1S/C29H32N4O3/c1-36-26-14-12-25(13-15-26)32-18-16-31(17-19-32)22-33-27(34)29(30-28(33)35,20-23-8-4-2-5-9-23)21-24-10-6-3-7-11-24/h2-15H,16-22H2,1H3,(H,30,35). The van der Waals surface area contributed by atoms with Crippen LogP contribution in [0.25, 0.3) is 0 Å². The van der Waals surface area contributed by atoms with Crippen LogP contribution < -0.4 is 15.0 Å². The average Bonchev–Trinajstić information content (AvgIpc) is 3.14. The van der Waals surface area contributed by atoms with Crippen molar-refractivity contribution in [1.82, 2.24) is 15.1 Å². The highest BCUT2D eigenvalue weighted by atomic mass is 16.5. The van der Waals surface area contributed by atoms with Gasteiger partial charge in [0.2, 0.25) is 0 Å². The third-order valence-corrected chi connectivity index (χ3v) is 7.09. The number of urea groups is 1. The summed E-state index contributed by atoms with van der Waals surface area (Å²) in [6, 6.07) is 27.5. The largest absolute Gasteiger partial charge is 0.497 e. The molecule has 3 amide bonds. The molecular weight excluding hydrogens is 452 g/mol. The Morgan fingerprint density at radius 1 is 0.778 bits per heavy atom. The minimum atomic E-state index is -0.995. The molecule has 2 heterocycles. The summed E-state index contributed by atoms with van der Waals surface area (Å²) in [5.74, 6) is 0.684. The zero-order valence-corrected chi connectivity index (χ0v) is 20.6. The van der Waals surface area contributed by atoms with Crippen molar-refractivity contribution in [2.45, 2.75) is 18.4 Å². The second-order valence-electron chi connectivity index (χ2n) is 9.51. The van der Waals surface area contributed by atoms with Crippen molar-refractivity contribution in [3.05, 3.63) is 96.1 Å². The van der Waals surface area contributed by atoms with Gasteiger partial charge in [0, 0.05) is 44.7 Å². The van der Waals surface area contributed by atoms with Crippen LogP contribution in [-0.4, -0.2) is 67.2 Å². The third-order valence-electron chi connectivity index (χ3n) is 7.09. The Balaban J connectivity index is 1.28. The average molecular weight is 485 g/mol. The molecule has 0 spiro atoms. The van der Waals surface area contributed by atoms with E-state index in [-0.39, 0.29) is 11.9 Å². The zero-order valence-electron chi connectivity index (χ0n) is 20.6. The lowest BCUT2D eigenvalue weighted by atomic mass is 9.84. The minimum absolute atomic E-state index is 0.155. The normalized spacial score (nSPS) is 17.8. The molecule has 0 radical (unpaired) electrons. The smallest absolute Gasteiger partial charge is 0.326 e. The van der Waals surface area contributed by atoms with Gasteiger partial charge in [-0.15, -0.1) is 0 Å². The highest BCUT2D eigenvalue weighted by Gasteiger charge is 2.51. The quantitative estimate of drug-likeness (QED) is 0.496. The molecule has 0 aliphatic carbocycles. The molecule has 0 unspecified atom stereocenters. The molecule has 36 heavy (non-hydrogen) atoms. The van der Waals surface area contributed by atoms with Crippen LogP contribution in [0.15, 0.2) is 84.9 Å².